The molecule has 1 atom stereocenters. The Balaban J connectivity index is 2.05. The van der Waals surface area contributed by atoms with Crippen LogP contribution in [0.15, 0.2) is 48.5 Å². The smallest absolute Gasteiger partial charge is 0.230 e. The number of benzene rings is 2. The third-order valence-electron chi connectivity index (χ3n) is 3.83. The van der Waals surface area contributed by atoms with Gasteiger partial charge in [-0.1, -0.05) is 30.3 Å². The molecule has 0 saturated carbocycles. The standard InChI is InChI=1S/C18H19F2NO2/c1-18(2,12-6-5-7-13(19)10-12)17(23)21-11-16(22)14-8-3-4-9-15(14)20/h3-10,16,22H,11H2,1-2H3,(H,21,23)/t16-/m0/s1. The first-order valence-electron chi connectivity index (χ1n) is 7.29. The molecule has 2 rings (SSSR count). The van der Waals surface area contributed by atoms with Crippen molar-refractivity contribution in [1.29, 1.82) is 0 Å². The van der Waals surface area contributed by atoms with Crippen molar-refractivity contribution in [3.8, 4) is 0 Å². The van der Waals surface area contributed by atoms with Crippen molar-refractivity contribution in [2.75, 3.05) is 6.54 Å². The zero-order chi connectivity index (χ0) is 17.0. The Kier molecular flexibility index (Phi) is 5.11. The van der Waals surface area contributed by atoms with Crippen LogP contribution in [0.4, 0.5) is 8.78 Å². The lowest BCUT2D eigenvalue weighted by Gasteiger charge is -2.25. The van der Waals surface area contributed by atoms with Crippen molar-refractivity contribution in [1.82, 2.24) is 5.32 Å². The molecule has 0 heterocycles. The Labute approximate surface area is 134 Å². The number of carbonyl (C=O) groups excluding carboxylic acids is 1. The van der Waals surface area contributed by atoms with E-state index < -0.39 is 23.2 Å². The zero-order valence-electron chi connectivity index (χ0n) is 13.0. The average Bonchev–Trinajstić information content (AvgIpc) is 2.52. The quantitative estimate of drug-likeness (QED) is 0.890. The van der Waals surface area contributed by atoms with Crippen molar-refractivity contribution in [2.45, 2.75) is 25.4 Å². The number of hydrogen-bond acceptors (Lipinski definition) is 2. The molecule has 23 heavy (non-hydrogen) atoms. The summed E-state index contributed by atoms with van der Waals surface area (Å²) in [6.45, 7) is 3.19. The van der Waals surface area contributed by atoms with E-state index in [0.29, 0.717) is 5.56 Å². The van der Waals surface area contributed by atoms with Crippen LogP contribution in [0.3, 0.4) is 0 Å². The third-order valence-corrected chi connectivity index (χ3v) is 3.83. The van der Waals surface area contributed by atoms with Crippen LogP contribution >= 0.6 is 0 Å². The lowest BCUT2D eigenvalue weighted by molar-refractivity contribution is -0.126. The summed E-state index contributed by atoms with van der Waals surface area (Å²) in [5.74, 6) is -1.33. The van der Waals surface area contributed by atoms with Gasteiger partial charge in [-0.2, -0.15) is 0 Å². The van der Waals surface area contributed by atoms with Gasteiger partial charge in [-0.05, 0) is 37.6 Å². The Hall–Kier alpha value is -2.27. The zero-order valence-corrected chi connectivity index (χ0v) is 13.0. The molecular weight excluding hydrogens is 300 g/mol. The maximum Gasteiger partial charge on any atom is 0.230 e. The van der Waals surface area contributed by atoms with Crippen molar-refractivity contribution in [2.24, 2.45) is 0 Å². The molecule has 0 aromatic heterocycles. The van der Waals surface area contributed by atoms with Gasteiger partial charge < -0.3 is 10.4 Å². The number of hydrogen-bond donors (Lipinski definition) is 2. The largest absolute Gasteiger partial charge is 0.386 e. The van der Waals surface area contributed by atoms with E-state index in [-0.39, 0.29) is 18.0 Å². The normalized spacial score (nSPS) is 12.7. The van der Waals surface area contributed by atoms with Gasteiger partial charge in [0.25, 0.3) is 0 Å². The van der Waals surface area contributed by atoms with Gasteiger partial charge in [0.15, 0.2) is 0 Å². The predicted octanol–water partition coefficient (Wildman–Crippen LogP) is 3.09. The highest BCUT2D eigenvalue weighted by molar-refractivity contribution is 5.87. The first-order chi connectivity index (χ1) is 10.8. The number of nitrogens with one attached hydrogen (secondary N) is 1. The molecule has 0 fully saturated rings. The van der Waals surface area contributed by atoms with Gasteiger partial charge in [-0.3, -0.25) is 4.79 Å². The molecular formula is C18H19F2NO2. The highest BCUT2D eigenvalue weighted by Gasteiger charge is 2.30. The van der Waals surface area contributed by atoms with Crippen molar-refractivity contribution in [3.63, 3.8) is 0 Å². The number of aliphatic hydroxyl groups is 1. The van der Waals surface area contributed by atoms with Crippen molar-refractivity contribution < 1.29 is 18.7 Å². The molecule has 2 N–H and O–H groups in total. The van der Waals surface area contributed by atoms with E-state index in [4.69, 9.17) is 0 Å². The van der Waals surface area contributed by atoms with E-state index in [2.05, 4.69) is 5.32 Å². The average molecular weight is 319 g/mol. The van der Waals surface area contributed by atoms with Gasteiger partial charge in [0, 0.05) is 12.1 Å². The molecule has 2 aromatic carbocycles. The number of rotatable bonds is 5. The molecule has 0 aliphatic carbocycles. The minimum atomic E-state index is -1.15. The molecule has 2 aromatic rings. The molecule has 0 bridgehead atoms. The molecule has 0 unspecified atom stereocenters. The van der Waals surface area contributed by atoms with Crippen LogP contribution in [0.2, 0.25) is 0 Å². The lowest BCUT2D eigenvalue weighted by atomic mass is 9.83. The van der Waals surface area contributed by atoms with Gasteiger partial charge in [0.05, 0.1) is 11.5 Å². The number of halogens is 2. The van der Waals surface area contributed by atoms with Gasteiger partial charge in [-0.15, -0.1) is 0 Å². The highest BCUT2D eigenvalue weighted by Crippen LogP contribution is 2.24. The second-order valence-corrected chi connectivity index (χ2v) is 5.88. The second-order valence-electron chi connectivity index (χ2n) is 5.88. The van der Waals surface area contributed by atoms with E-state index in [0.717, 1.165) is 0 Å². The van der Waals surface area contributed by atoms with E-state index in [1.165, 1.54) is 36.4 Å². The number of amides is 1. The van der Waals surface area contributed by atoms with Crippen LogP contribution in [-0.4, -0.2) is 17.6 Å². The maximum atomic E-state index is 13.6. The Bertz CT molecular complexity index is 701. The summed E-state index contributed by atoms with van der Waals surface area (Å²) in [5.41, 5.74) is -0.330. The summed E-state index contributed by atoms with van der Waals surface area (Å²) in [6, 6.07) is 11.6. The van der Waals surface area contributed by atoms with Crippen LogP contribution in [0.5, 0.6) is 0 Å². The van der Waals surface area contributed by atoms with Gasteiger partial charge in [-0.25, -0.2) is 8.78 Å². The topological polar surface area (TPSA) is 49.3 Å². The number of carbonyl (C=O) groups is 1. The molecule has 0 aliphatic rings. The number of aliphatic hydroxyl groups excluding tert-OH is 1. The first kappa shape index (κ1) is 17.1. The fourth-order valence-electron chi connectivity index (χ4n) is 2.27. The fourth-order valence-corrected chi connectivity index (χ4v) is 2.27. The molecule has 0 radical (unpaired) electrons. The van der Waals surface area contributed by atoms with Crippen LogP contribution in [0.1, 0.15) is 31.1 Å². The van der Waals surface area contributed by atoms with Gasteiger partial charge in [0.2, 0.25) is 5.91 Å². The minimum absolute atomic E-state index is 0.122. The summed E-state index contributed by atoms with van der Waals surface area (Å²) in [5, 5.41) is 12.6. The van der Waals surface area contributed by atoms with E-state index in [1.54, 1.807) is 26.0 Å². The van der Waals surface area contributed by atoms with Gasteiger partial charge >= 0.3 is 0 Å². The Morgan fingerprint density at radius 3 is 2.52 bits per heavy atom. The summed E-state index contributed by atoms with van der Waals surface area (Å²) in [7, 11) is 0. The van der Waals surface area contributed by atoms with Crippen molar-refractivity contribution >= 4 is 5.91 Å². The lowest BCUT2D eigenvalue weighted by Crippen LogP contribution is -2.41. The Morgan fingerprint density at radius 1 is 1.17 bits per heavy atom. The molecule has 0 spiro atoms. The van der Waals surface area contributed by atoms with E-state index >= 15 is 0 Å². The van der Waals surface area contributed by atoms with Crippen molar-refractivity contribution in [3.05, 3.63) is 71.3 Å². The minimum Gasteiger partial charge on any atom is -0.386 e. The fraction of sp³-hybridized carbons (Fsp3) is 0.278. The molecule has 0 saturated heterocycles. The molecule has 122 valence electrons. The van der Waals surface area contributed by atoms with E-state index in [9.17, 15) is 18.7 Å². The molecule has 0 aliphatic heterocycles. The van der Waals surface area contributed by atoms with Crippen LogP contribution in [-0.2, 0) is 10.2 Å². The third kappa shape index (κ3) is 3.93. The maximum absolute atomic E-state index is 13.6. The van der Waals surface area contributed by atoms with E-state index in [1.807, 2.05) is 0 Å². The first-order valence-corrected chi connectivity index (χ1v) is 7.29. The Morgan fingerprint density at radius 2 is 1.87 bits per heavy atom. The highest BCUT2D eigenvalue weighted by atomic mass is 19.1. The van der Waals surface area contributed by atoms with Crippen LogP contribution < -0.4 is 5.32 Å². The molecule has 3 nitrogen and oxygen atoms in total. The summed E-state index contributed by atoms with van der Waals surface area (Å²) in [4.78, 5) is 12.4. The molecule has 5 heteroatoms. The van der Waals surface area contributed by atoms with Crippen LogP contribution in [0, 0.1) is 11.6 Å². The monoisotopic (exact) mass is 319 g/mol. The van der Waals surface area contributed by atoms with Gasteiger partial charge in [0.1, 0.15) is 11.6 Å². The molecule has 1 amide bonds. The second kappa shape index (κ2) is 6.87. The summed E-state index contributed by atoms with van der Waals surface area (Å²) >= 11 is 0. The SMILES string of the molecule is CC(C)(C(=O)NC[C@H](O)c1ccccc1F)c1cccc(F)c1. The predicted molar refractivity (Wildman–Crippen MR) is 83.8 cm³/mol. The van der Waals surface area contributed by atoms with Crippen LogP contribution in [0.25, 0.3) is 0 Å². The summed E-state index contributed by atoms with van der Waals surface area (Å²) < 4.78 is 26.9. The summed E-state index contributed by atoms with van der Waals surface area (Å²) in [6.07, 6.45) is -1.15.